The predicted molar refractivity (Wildman–Crippen MR) is 154 cm³/mol. The van der Waals surface area contributed by atoms with Crippen LogP contribution in [0.1, 0.15) is 63.8 Å². The molecule has 0 fully saturated rings. The number of carbonyl (C=O) groups is 2. The van der Waals surface area contributed by atoms with Gasteiger partial charge in [-0.1, -0.05) is 18.2 Å². The highest BCUT2D eigenvalue weighted by Gasteiger charge is 2.32. The number of carbonyl (C=O) groups excluding carboxylic acids is 2. The maximum Gasteiger partial charge on any atom is 0.514 e. The van der Waals surface area contributed by atoms with Gasteiger partial charge in [0, 0.05) is 24.3 Å². The van der Waals surface area contributed by atoms with E-state index in [9.17, 15) is 9.59 Å². The monoisotopic (exact) mass is 586 g/mol. The van der Waals surface area contributed by atoms with Gasteiger partial charge in [0.1, 0.15) is 22.7 Å². The van der Waals surface area contributed by atoms with Crippen molar-refractivity contribution in [3.05, 3.63) is 76.9 Å². The molecule has 216 valence electrons. The zero-order chi connectivity index (χ0) is 29.1. The SMILES string of the molecule is Cc1cc([S+](c2ccccc2)c2cc(C)c(OC(=O)OC(C)(C)C)c(C)c2)cc(C)c1OC(=O)OC(C)(C)C.[Cl-]. The third kappa shape index (κ3) is 8.93. The Kier molecular flexibility index (Phi) is 10.7. The number of rotatable bonds is 5. The number of hydrogen-bond donors (Lipinski definition) is 0. The highest BCUT2D eigenvalue weighted by molar-refractivity contribution is 7.97. The van der Waals surface area contributed by atoms with Crippen molar-refractivity contribution >= 4 is 23.2 Å². The van der Waals surface area contributed by atoms with Gasteiger partial charge >= 0.3 is 12.3 Å². The molecular formula is C32H39ClO6S. The van der Waals surface area contributed by atoms with E-state index < -0.39 is 34.4 Å². The molecule has 40 heavy (non-hydrogen) atoms. The van der Waals surface area contributed by atoms with Crippen molar-refractivity contribution < 1.29 is 40.9 Å². The first kappa shape index (κ1) is 33.0. The smallest absolute Gasteiger partial charge is 0.514 e. The summed E-state index contributed by atoms with van der Waals surface area (Å²) in [7, 11) is -0.473. The Hall–Kier alpha value is -3.16. The summed E-state index contributed by atoms with van der Waals surface area (Å²) < 4.78 is 21.9. The summed E-state index contributed by atoms with van der Waals surface area (Å²) in [4.78, 5) is 28.0. The van der Waals surface area contributed by atoms with Gasteiger partial charge < -0.3 is 31.4 Å². The molecule has 3 rings (SSSR count). The van der Waals surface area contributed by atoms with Crippen LogP contribution >= 0.6 is 0 Å². The largest absolute Gasteiger partial charge is 1.00 e. The zero-order valence-electron chi connectivity index (χ0n) is 24.9. The fourth-order valence-corrected chi connectivity index (χ4v) is 6.48. The second-order valence-electron chi connectivity index (χ2n) is 11.5. The first-order chi connectivity index (χ1) is 18.0. The Morgan fingerprint density at radius 2 is 0.900 bits per heavy atom. The normalized spacial score (nSPS) is 11.5. The van der Waals surface area contributed by atoms with Gasteiger partial charge in [-0.3, -0.25) is 0 Å². The van der Waals surface area contributed by atoms with E-state index in [1.165, 1.54) is 0 Å². The molecule has 8 heteroatoms. The molecule has 0 atom stereocenters. The number of hydrogen-bond acceptors (Lipinski definition) is 6. The molecular weight excluding hydrogens is 548 g/mol. The quantitative estimate of drug-likeness (QED) is 0.219. The fourth-order valence-electron chi connectivity index (χ4n) is 4.05. The van der Waals surface area contributed by atoms with Crippen LogP contribution in [0.5, 0.6) is 11.5 Å². The summed E-state index contributed by atoms with van der Waals surface area (Å²) in [6.45, 7) is 18.5. The van der Waals surface area contributed by atoms with Crippen LogP contribution in [0.25, 0.3) is 0 Å². The molecule has 0 amide bonds. The van der Waals surface area contributed by atoms with Crippen molar-refractivity contribution in [2.24, 2.45) is 0 Å². The van der Waals surface area contributed by atoms with Gasteiger partial charge in [0.15, 0.2) is 14.7 Å². The third-order valence-corrected chi connectivity index (χ3v) is 7.63. The molecule has 0 aliphatic heterocycles. The lowest BCUT2D eigenvalue weighted by Gasteiger charge is -2.20. The molecule has 0 saturated heterocycles. The number of benzene rings is 3. The second-order valence-corrected chi connectivity index (χ2v) is 13.6. The van der Waals surface area contributed by atoms with Gasteiger partial charge in [0.05, 0.1) is 10.9 Å². The lowest BCUT2D eigenvalue weighted by Crippen LogP contribution is -3.00. The molecule has 0 aromatic heterocycles. The molecule has 0 aliphatic carbocycles. The van der Waals surface area contributed by atoms with Crippen molar-refractivity contribution in [2.75, 3.05) is 0 Å². The van der Waals surface area contributed by atoms with Crippen LogP contribution < -0.4 is 21.9 Å². The Balaban J connectivity index is 0.00000560. The molecule has 0 heterocycles. The van der Waals surface area contributed by atoms with Crippen molar-refractivity contribution in [3.8, 4) is 11.5 Å². The summed E-state index contributed by atoms with van der Waals surface area (Å²) in [5.41, 5.74) is 2.05. The number of ether oxygens (including phenoxy) is 4. The summed E-state index contributed by atoms with van der Waals surface area (Å²) in [5, 5.41) is 0. The predicted octanol–water partition coefficient (Wildman–Crippen LogP) is 5.65. The third-order valence-electron chi connectivity index (χ3n) is 5.47. The molecule has 0 saturated carbocycles. The molecule has 3 aromatic carbocycles. The van der Waals surface area contributed by atoms with E-state index in [1.807, 2.05) is 45.9 Å². The van der Waals surface area contributed by atoms with Gasteiger partial charge in [-0.2, -0.15) is 0 Å². The lowest BCUT2D eigenvalue weighted by atomic mass is 10.1. The number of aryl methyl sites for hydroxylation is 4. The van der Waals surface area contributed by atoms with Crippen LogP contribution in [0.2, 0.25) is 0 Å². The standard InChI is InChI=1S/C32H39O6S.ClH/c1-20-16-25(17-21(2)27(20)35-29(33)37-31(5,6)7)39(24-14-12-11-13-15-24)26-18-22(3)28(23(4)19-26)36-30(34)38-32(8,9)10;/h11-19H,1-10H3;1H/q+1;/p-1. The van der Waals surface area contributed by atoms with Gasteiger partial charge in [0.2, 0.25) is 0 Å². The lowest BCUT2D eigenvalue weighted by molar-refractivity contribution is -0.000127. The zero-order valence-corrected chi connectivity index (χ0v) is 26.5. The molecule has 0 unspecified atom stereocenters. The van der Waals surface area contributed by atoms with Crippen molar-refractivity contribution in [3.63, 3.8) is 0 Å². The van der Waals surface area contributed by atoms with Crippen LogP contribution in [0, 0.1) is 27.7 Å². The molecule has 0 spiro atoms. The van der Waals surface area contributed by atoms with Crippen molar-refractivity contribution in [2.45, 2.75) is 95.1 Å². The molecule has 0 bridgehead atoms. The van der Waals surface area contributed by atoms with Crippen LogP contribution in [-0.2, 0) is 20.4 Å². The average molecular weight is 587 g/mol. The van der Waals surface area contributed by atoms with Crippen LogP contribution in [0.15, 0.2) is 69.3 Å². The van der Waals surface area contributed by atoms with Gasteiger partial charge in [-0.05, 0) is 104 Å². The molecule has 0 aliphatic rings. The average Bonchev–Trinajstić information content (AvgIpc) is 2.77. The van der Waals surface area contributed by atoms with Crippen LogP contribution in [-0.4, -0.2) is 23.5 Å². The first-order valence-corrected chi connectivity index (χ1v) is 14.1. The van der Waals surface area contributed by atoms with Crippen molar-refractivity contribution in [1.29, 1.82) is 0 Å². The van der Waals surface area contributed by atoms with E-state index >= 15 is 0 Å². The van der Waals surface area contributed by atoms with E-state index in [-0.39, 0.29) is 12.4 Å². The van der Waals surface area contributed by atoms with Gasteiger partial charge in [-0.25, -0.2) is 9.59 Å². The Morgan fingerprint density at radius 1 is 0.575 bits per heavy atom. The van der Waals surface area contributed by atoms with E-state index in [2.05, 4.69) is 36.4 Å². The van der Waals surface area contributed by atoms with Crippen LogP contribution in [0.3, 0.4) is 0 Å². The Labute approximate surface area is 247 Å². The topological polar surface area (TPSA) is 71.1 Å². The fraction of sp³-hybridized carbons (Fsp3) is 0.375. The maximum absolute atomic E-state index is 12.4. The maximum atomic E-state index is 12.4. The summed E-state index contributed by atoms with van der Waals surface area (Å²) in [5.74, 6) is 0.996. The Morgan fingerprint density at radius 3 is 1.20 bits per heavy atom. The highest BCUT2D eigenvalue weighted by Crippen LogP contribution is 2.38. The van der Waals surface area contributed by atoms with Gasteiger partial charge in [-0.15, -0.1) is 0 Å². The summed E-state index contributed by atoms with van der Waals surface area (Å²) in [6, 6.07) is 18.5. The van der Waals surface area contributed by atoms with E-state index in [0.717, 1.165) is 36.9 Å². The minimum absolute atomic E-state index is 0. The minimum Gasteiger partial charge on any atom is -1.00 e. The molecule has 0 N–H and O–H groups in total. The van der Waals surface area contributed by atoms with Crippen molar-refractivity contribution in [1.82, 2.24) is 0 Å². The molecule has 0 radical (unpaired) electrons. The molecule has 6 nitrogen and oxygen atoms in total. The second kappa shape index (κ2) is 13.0. The number of halogens is 1. The highest BCUT2D eigenvalue weighted by atomic mass is 35.5. The summed E-state index contributed by atoms with van der Waals surface area (Å²) in [6.07, 6.45) is -1.45. The Bertz CT molecular complexity index is 1220. The van der Waals surface area contributed by atoms with E-state index in [0.29, 0.717) is 11.5 Å². The van der Waals surface area contributed by atoms with Gasteiger partial charge in [0.25, 0.3) is 0 Å². The van der Waals surface area contributed by atoms with E-state index in [1.54, 1.807) is 41.5 Å². The van der Waals surface area contributed by atoms with E-state index in [4.69, 9.17) is 18.9 Å². The first-order valence-electron chi connectivity index (χ1n) is 12.9. The van der Waals surface area contributed by atoms with Crippen LogP contribution in [0.4, 0.5) is 9.59 Å². The minimum atomic E-state index is -0.727. The molecule has 3 aromatic rings. The summed E-state index contributed by atoms with van der Waals surface area (Å²) >= 11 is 0.